The number of aryl methyl sites for hydroxylation is 1. The van der Waals surface area contributed by atoms with E-state index >= 15 is 0 Å². The highest BCUT2D eigenvalue weighted by atomic mass is 16.1. The molecule has 3 aromatic carbocycles. The molecule has 2 heterocycles. The smallest absolute Gasteiger partial charge is 0.195 e. The highest BCUT2D eigenvalue weighted by molar-refractivity contribution is 6.18. The van der Waals surface area contributed by atoms with Gasteiger partial charge in [0.1, 0.15) is 17.8 Å². The fourth-order valence-electron chi connectivity index (χ4n) is 4.13. The van der Waals surface area contributed by atoms with Gasteiger partial charge in [-0.15, -0.1) is 0 Å². The van der Waals surface area contributed by atoms with Crippen molar-refractivity contribution >= 4 is 34.1 Å². The first-order valence-electron chi connectivity index (χ1n) is 11.5. The lowest BCUT2D eigenvalue weighted by Crippen LogP contribution is -2.04. The number of H-pyrrole nitrogens is 1. The number of aromatic nitrogens is 3. The SMILES string of the molecule is O=C(CCCc1ccccc1)c1cccc(Nc2ncnc3[nH]cc(C(=O)c4ccccc4)c23)c1. The molecular formula is C29H24N4O2. The Morgan fingerprint density at radius 3 is 2.37 bits per heavy atom. The van der Waals surface area contributed by atoms with Crippen molar-refractivity contribution in [3.63, 3.8) is 0 Å². The fraction of sp³-hybridized carbons (Fsp3) is 0.103. The van der Waals surface area contributed by atoms with Crippen LogP contribution in [0.3, 0.4) is 0 Å². The van der Waals surface area contributed by atoms with Crippen molar-refractivity contribution in [3.05, 3.63) is 120 Å². The molecule has 0 saturated carbocycles. The van der Waals surface area contributed by atoms with E-state index in [0.717, 1.165) is 18.5 Å². The van der Waals surface area contributed by atoms with E-state index in [1.165, 1.54) is 11.9 Å². The molecule has 2 aromatic heterocycles. The molecule has 0 atom stereocenters. The summed E-state index contributed by atoms with van der Waals surface area (Å²) < 4.78 is 0. The maximum absolute atomic E-state index is 13.1. The van der Waals surface area contributed by atoms with E-state index < -0.39 is 0 Å². The van der Waals surface area contributed by atoms with Gasteiger partial charge in [-0.3, -0.25) is 9.59 Å². The zero-order valence-corrected chi connectivity index (χ0v) is 19.1. The monoisotopic (exact) mass is 460 g/mol. The number of ketones is 2. The molecule has 0 aliphatic heterocycles. The third-order valence-corrected chi connectivity index (χ3v) is 5.91. The number of carbonyl (C=O) groups is 2. The molecule has 2 N–H and O–H groups in total. The minimum Gasteiger partial charge on any atom is -0.345 e. The number of carbonyl (C=O) groups excluding carboxylic acids is 2. The Morgan fingerprint density at radius 1 is 0.829 bits per heavy atom. The van der Waals surface area contributed by atoms with E-state index in [4.69, 9.17) is 0 Å². The molecule has 0 unspecified atom stereocenters. The molecule has 5 aromatic rings. The highest BCUT2D eigenvalue weighted by Crippen LogP contribution is 2.28. The molecule has 0 aliphatic rings. The van der Waals surface area contributed by atoms with Gasteiger partial charge in [0, 0.05) is 29.4 Å². The van der Waals surface area contributed by atoms with Gasteiger partial charge in [0.25, 0.3) is 0 Å². The van der Waals surface area contributed by atoms with Crippen molar-refractivity contribution in [2.75, 3.05) is 5.32 Å². The topological polar surface area (TPSA) is 87.7 Å². The number of nitrogens with one attached hydrogen (secondary N) is 2. The molecule has 0 spiro atoms. The third-order valence-electron chi connectivity index (χ3n) is 5.91. The molecule has 0 radical (unpaired) electrons. The van der Waals surface area contributed by atoms with E-state index in [-0.39, 0.29) is 11.6 Å². The third kappa shape index (κ3) is 5.01. The van der Waals surface area contributed by atoms with Crippen molar-refractivity contribution in [2.45, 2.75) is 19.3 Å². The molecule has 0 amide bonds. The number of hydrogen-bond acceptors (Lipinski definition) is 5. The van der Waals surface area contributed by atoms with E-state index in [0.29, 0.717) is 40.0 Å². The zero-order valence-electron chi connectivity index (χ0n) is 19.1. The Labute approximate surface area is 203 Å². The predicted octanol–water partition coefficient (Wildman–Crippen LogP) is 6.14. The summed E-state index contributed by atoms with van der Waals surface area (Å²) in [5, 5.41) is 3.89. The lowest BCUT2D eigenvalue weighted by atomic mass is 10.0. The van der Waals surface area contributed by atoms with Gasteiger partial charge in [0.2, 0.25) is 0 Å². The summed E-state index contributed by atoms with van der Waals surface area (Å²) in [5.41, 5.74) is 4.24. The van der Waals surface area contributed by atoms with Crippen molar-refractivity contribution in [3.8, 4) is 0 Å². The fourth-order valence-corrected chi connectivity index (χ4v) is 4.13. The number of anilines is 2. The van der Waals surface area contributed by atoms with Gasteiger partial charge < -0.3 is 10.3 Å². The van der Waals surface area contributed by atoms with Crippen LogP contribution in [0.4, 0.5) is 11.5 Å². The van der Waals surface area contributed by atoms with Crippen LogP contribution >= 0.6 is 0 Å². The zero-order chi connectivity index (χ0) is 24.0. The number of Topliss-reactive ketones (excluding diaryl/α,β-unsaturated/α-hetero) is 1. The lowest BCUT2D eigenvalue weighted by molar-refractivity contribution is 0.0979. The van der Waals surface area contributed by atoms with Crippen LogP contribution in [0.1, 0.15) is 44.7 Å². The van der Waals surface area contributed by atoms with E-state index in [1.807, 2.05) is 60.7 Å². The molecule has 0 aliphatic carbocycles. The Morgan fingerprint density at radius 2 is 1.57 bits per heavy atom. The molecule has 5 rings (SSSR count). The van der Waals surface area contributed by atoms with Gasteiger partial charge in [-0.1, -0.05) is 72.8 Å². The molecule has 6 nitrogen and oxygen atoms in total. The quantitative estimate of drug-likeness (QED) is 0.258. The van der Waals surface area contributed by atoms with Crippen molar-refractivity contribution in [2.24, 2.45) is 0 Å². The highest BCUT2D eigenvalue weighted by Gasteiger charge is 2.18. The average molecular weight is 461 g/mol. The van der Waals surface area contributed by atoms with Crippen LogP contribution in [0.15, 0.2) is 97.5 Å². The van der Waals surface area contributed by atoms with Crippen LogP contribution in [-0.4, -0.2) is 26.5 Å². The van der Waals surface area contributed by atoms with Gasteiger partial charge in [-0.2, -0.15) is 0 Å². The van der Waals surface area contributed by atoms with E-state index in [2.05, 4.69) is 32.4 Å². The number of fused-ring (bicyclic) bond motifs is 1. The van der Waals surface area contributed by atoms with Crippen LogP contribution in [0.5, 0.6) is 0 Å². The van der Waals surface area contributed by atoms with Crippen LogP contribution in [-0.2, 0) is 6.42 Å². The molecule has 35 heavy (non-hydrogen) atoms. The standard InChI is InChI=1S/C29H24N4O2/c34-25(16-7-11-20-9-3-1-4-10-20)22-14-8-15-23(17-22)33-29-26-24(18-30-28(26)31-19-32-29)27(35)21-12-5-2-6-13-21/h1-6,8-10,12-15,17-19H,7,11,16H2,(H2,30,31,32,33). The second-order valence-corrected chi connectivity index (χ2v) is 8.31. The molecule has 0 bridgehead atoms. The first kappa shape index (κ1) is 22.2. The summed E-state index contributed by atoms with van der Waals surface area (Å²) in [6.07, 6.45) is 5.24. The average Bonchev–Trinajstić information content (AvgIpc) is 3.35. The summed E-state index contributed by atoms with van der Waals surface area (Å²) in [7, 11) is 0. The minimum atomic E-state index is -0.114. The molecule has 0 fully saturated rings. The van der Waals surface area contributed by atoms with Crippen molar-refractivity contribution in [1.29, 1.82) is 0 Å². The maximum atomic E-state index is 13.1. The van der Waals surface area contributed by atoms with Crippen LogP contribution in [0, 0.1) is 0 Å². The van der Waals surface area contributed by atoms with Crippen LogP contribution in [0.25, 0.3) is 11.0 Å². The van der Waals surface area contributed by atoms with Gasteiger partial charge in [0.15, 0.2) is 11.6 Å². The Hall–Kier alpha value is -4.58. The number of aromatic amines is 1. The second kappa shape index (κ2) is 10.1. The van der Waals surface area contributed by atoms with Crippen molar-refractivity contribution < 1.29 is 9.59 Å². The number of rotatable bonds is 9. The minimum absolute atomic E-state index is 0.0963. The summed E-state index contributed by atoms with van der Waals surface area (Å²) in [4.78, 5) is 37.7. The predicted molar refractivity (Wildman–Crippen MR) is 137 cm³/mol. The summed E-state index contributed by atoms with van der Waals surface area (Å²) in [6, 6.07) is 26.7. The summed E-state index contributed by atoms with van der Waals surface area (Å²) >= 11 is 0. The van der Waals surface area contributed by atoms with Crippen molar-refractivity contribution in [1.82, 2.24) is 15.0 Å². The van der Waals surface area contributed by atoms with Gasteiger partial charge >= 0.3 is 0 Å². The first-order chi connectivity index (χ1) is 17.2. The lowest BCUT2D eigenvalue weighted by Gasteiger charge is -2.09. The van der Waals surface area contributed by atoms with Crippen LogP contribution in [0.2, 0.25) is 0 Å². The second-order valence-electron chi connectivity index (χ2n) is 8.31. The van der Waals surface area contributed by atoms with Gasteiger partial charge in [-0.05, 0) is 30.5 Å². The number of benzene rings is 3. The Balaban J connectivity index is 1.35. The summed E-state index contributed by atoms with van der Waals surface area (Å²) in [6.45, 7) is 0. The number of nitrogens with zero attached hydrogens (tertiary/aromatic N) is 2. The molecule has 6 heteroatoms. The van der Waals surface area contributed by atoms with Gasteiger partial charge in [0.05, 0.1) is 10.9 Å². The normalized spacial score (nSPS) is 10.9. The Kier molecular flexibility index (Phi) is 6.44. The maximum Gasteiger partial charge on any atom is 0.195 e. The molecular weight excluding hydrogens is 436 g/mol. The number of hydrogen-bond donors (Lipinski definition) is 2. The Bertz CT molecular complexity index is 1480. The van der Waals surface area contributed by atoms with E-state index in [1.54, 1.807) is 18.3 Å². The van der Waals surface area contributed by atoms with E-state index in [9.17, 15) is 9.59 Å². The molecule has 172 valence electrons. The van der Waals surface area contributed by atoms with Crippen LogP contribution < -0.4 is 5.32 Å². The first-order valence-corrected chi connectivity index (χ1v) is 11.5. The summed E-state index contributed by atoms with van der Waals surface area (Å²) in [5.74, 6) is 0.486. The largest absolute Gasteiger partial charge is 0.345 e. The molecule has 0 saturated heterocycles. The van der Waals surface area contributed by atoms with Gasteiger partial charge in [-0.25, -0.2) is 9.97 Å².